The Morgan fingerprint density at radius 2 is 1.95 bits per heavy atom. The van der Waals surface area contributed by atoms with E-state index in [2.05, 4.69) is 29.4 Å². The molecule has 0 fully saturated rings. The zero-order valence-corrected chi connectivity index (χ0v) is 11.9. The number of hydrogen-bond donors (Lipinski definition) is 2. The Labute approximate surface area is 123 Å². The van der Waals surface area contributed by atoms with Crippen LogP contribution in [-0.2, 0) is 13.0 Å². The van der Waals surface area contributed by atoms with Crippen molar-refractivity contribution in [3.8, 4) is 0 Å². The average molecular weight is 290 g/mol. The second kappa shape index (κ2) is 6.39. The first-order valence-electron chi connectivity index (χ1n) is 6.37. The van der Waals surface area contributed by atoms with Crippen LogP contribution in [0.25, 0.3) is 0 Å². The Morgan fingerprint density at radius 1 is 1.30 bits per heavy atom. The molecule has 0 aliphatic rings. The number of amides is 1. The van der Waals surface area contributed by atoms with Gasteiger partial charge in [0.1, 0.15) is 5.82 Å². The summed E-state index contributed by atoms with van der Waals surface area (Å²) in [7, 11) is 0. The van der Waals surface area contributed by atoms with E-state index in [0.29, 0.717) is 12.1 Å². The summed E-state index contributed by atoms with van der Waals surface area (Å²) >= 11 is 5.93. The van der Waals surface area contributed by atoms with Gasteiger partial charge in [-0.3, -0.25) is 4.79 Å². The Hall–Kier alpha value is -2.07. The summed E-state index contributed by atoms with van der Waals surface area (Å²) in [5, 5.41) is 3.10. The van der Waals surface area contributed by atoms with Gasteiger partial charge in [-0.25, -0.2) is 4.98 Å². The van der Waals surface area contributed by atoms with Gasteiger partial charge < -0.3 is 11.1 Å². The van der Waals surface area contributed by atoms with E-state index in [1.165, 1.54) is 17.8 Å². The van der Waals surface area contributed by atoms with Gasteiger partial charge in [0.05, 0.1) is 10.6 Å². The lowest BCUT2D eigenvalue weighted by Gasteiger charge is -2.08. The molecule has 0 aliphatic carbocycles. The highest BCUT2D eigenvalue weighted by atomic mass is 35.5. The van der Waals surface area contributed by atoms with Gasteiger partial charge in [0, 0.05) is 12.7 Å². The van der Waals surface area contributed by atoms with Crippen LogP contribution in [0.2, 0.25) is 5.02 Å². The topological polar surface area (TPSA) is 68.0 Å². The van der Waals surface area contributed by atoms with Crippen molar-refractivity contribution in [1.82, 2.24) is 10.3 Å². The highest BCUT2D eigenvalue weighted by molar-refractivity contribution is 6.33. The molecule has 104 valence electrons. The molecule has 20 heavy (non-hydrogen) atoms. The molecule has 0 aliphatic heterocycles. The monoisotopic (exact) mass is 289 g/mol. The van der Waals surface area contributed by atoms with E-state index in [4.69, 9.17) is 17.3 Å². The molecule has 1 amide bonds. The maximum Gasteiger partial charge on any atom is 0.253 e. The molecular formula is C15H16ClN3O. The molecule has 1 heterocycles. The van der Waals surface area contributed by atoms with Crippen molar-refractivity contribution >= 4 is 23.3 Å². The Balaban J connectivity index is 2.02. The Morgan fingerprint density at radius 3 is 2.60 bits per heavy atom. The molecular weight excluding hydrogens is 274 g/mol. The van der Waals surface area contributed by atoms with Crippen LogP contribution in [0.5, 0.6) is 0 Å². The van der Waals surface area contributed by atoms with E-state index in [1.807, 2.05) is 12.1 Å². The lowest BCUT2D eigenvalue weighted by Crippen LogP contribution is -2.23. The first-order valence-corrected chi connectivity index (χ1v) is 6.75. The number of hydrogen-bond acceptors (Lipinski definition) is 3. The third kappa shape index (κ3) is 3.48. The highest BCUT2D eigenvalue weighted by Gasteiger charge is 2.11. The highest BCUT2D eigenvalue weighted by Crippen LogP contribution is 2.16. The van der Waals surface area contributed by atoms with E-state index < -0.39 is 0 Å². The number of aromatic nitrogens is 1. The van der Waals surface area contributed by atoms with Gasteiger partial charge in [-0.2, -0.15) is 0 Å². The number of carbonyl (C=O) groups is 1. The number of nitrogens with two attached hydrogens (primary N) is 1. The zero-order valence-electron chi connectivity index (χ0n) is 11.2. The summed E-state index contributed by atoms with van der Waals surface area (Å²) in [5.41, 5.74) is 8.20. The van der Waals surface area contributed by atoms with E-state index in [0.717, 1.165) is 12.0 Å². The largest absolute Gasteiger partial charge is 0.384 e. The van der Waals surface area contributed by atoms with Crippen molar-refractivity contribution in [3.05, 3.63) is 58.2 Å². The van der Waals surface area contributed by atoms with E-state index in [-0.39, 0.29) is 16.7 Å². The van der Waals surface area contributed by atoms with Crippen molar-refractivity contribution < 1.29 is 4.79 Å². The molecule has 0 radical (unpaired) electrons. The van der Waals surface area contributed by atoms with Crippen LogP contribution in [0.4, 0.5) is 5.82 Å². The SMILES string of the molecule is CCc1ccc(CNC(=O)c2cc(N)ncc2Cl)cc1. The molecule has 0 bridgehead atoms. The standard InChI is InChI=1S/C15H16ClN3O/c1-2-10-3-5-11(6-4-10)8-19-15(20)12-7-14(17)18-9-13(12)16/h3-7,9H,2,8H2,1H3,(H2,17,18)(H,19,20). The summed E-state index contributed by atoms with van der Waals surface area (Å²) in [6.45, 7) is 2.55. The summed E-state index contributed by atoms with van der Waals surface area (Å²) in [4.78, 5) is 15.9. The molecule has 0 spiro atoms. The first-order chi connectivity index (χ1) is 9.60. The van der Waals surface area contributed by atoms with Gasteiger partial charge in [-0.15, -0.1) is 0 Å². The van der Waals surface area contributed by atoms with Crippen LogP contribution in [0.1, 0.15) is 28.4 Å². The van der Waals surface area contributed by atoms with Crippen LogP contribution >= 0.6 is 11.6 Å². The fraction of sp³-hybridized carbons (Fsp3) is 0.200. The number of benzene rings is 1. The molecule has 1 aromatic carbocycles. The van der Waals surface area contributed by atoms with Crippen molar-refractivity contribution in [1.29, 1.82) is 0 Å². The van der Waals surface area contributed by atoms with Crippen LogP contribution < -0.4 is 11.1 Å². The number of rotatable bonds is 4. The maximum atomic E-state index is 12.0. The fourth-order valence-corrected chi connectivity index (χ4v) is 1.99. The van der Waals surface area contributed by atoms with Gasteiger partial charge >= 0.3 is 0 Å². The van der Waals surface area contributed by atoms with Gasteiger partial charge in [-0.05, 0) is 23.6 Å². The molecule has 2 aromatic rings. The summed E-state index contributed by atoms with van der Waals surface area (Å²) < 4.78 is 0. The maximum absolute atomic E-state index is 12.0. The zero-order chi connectivity index (χ0) is 14.5. The second-order valence-electron chi connectivity index (χ2n) is 4.44. The number of nitrogen functional groups attached to an aromatic ring is 1. The minimum absolute atomic E-state index is 0.260. The van der Waals surface area contributed by atoms with Crippen LogP contribution in [0.3, 0.4) is 0 Å². The number of anilines is 1. The number of nitrogens with zero attached hydrogens (tertiary/aromatic N) is 1. The van der Waals surface area contributed by atoms with Crippen LogP contribution in [-0.4, -0.2) is 10.9 Å². The van der Waals surface area contributed by atoms with Gasteiger partial charge in [0.25, 0.3) is 5.91 Å². The molecule has 4 nitrogen and oxygen atoms in total. The Kier molecular flexibility index (Phi) is 4.58. The minimum atomic E-state index is -0.260. The van der Waals surface area contributed by atoms with E-state index in [9.17, 15) is 4.79 Å². The summed E-state index contributed by atoms with van der Waals surface area (Å²) in [6.07, 6.45) is 2.38. The number of pyridine rings is 1. The number of aryl methyl sites for hydroxylation is 1. The molecule has 0 atom stereocenters. The summed E-state index contributed by atoms with van der Waals surface area (Å²) in [6, 6.07) is 9.58. The van der Waals surface area contributed by atoms with Crippen LogP contribution in [0.15, 0.2) is 36.5 Å². The predicted molar refractivity (Wildman–Crippen MR) is 80.6 cm³/mol. The molecule has 2 rings (SSSR count). The fourth-order valence-electron chi connectivity index (χ4n) is 1.80. The Bertz CT molecular complexity index is 611. The van der Waals surface area contributed by atoms with Crippen molar-refractivity contribution in [2.45, 2.75) is 19.9 Å². The average Bonchev–Trinajstić information content (AvgIpc) is 2.47. The minimum Gasteiger partial charge on any atom is -0.384 e. The molecule has 0 saturated heterocycles. The van der Waals surface area contributed by atoms with Crippen LogP contribution in [0, 0.1) is 0 Å². The van der Waals surface area contributed by atoms with Crippen molar-refractivity contribution in [2.75, 3.05) is 5.73 Å². The van der Waals surface area contributed by atoms with Gasteiger partial charge in [0.15, 0.2) is 0 Å². The number of halogens is 1. The molecule has 3 N–H and O–H groups in total. The smallest absolute Gasteiger partial charge is 0.253 e. The molecule has 0 unspecified atom stereocenters. The third-order valence-electron chi connectivity index (χ3n) is 3.01. The predicted octanol–water partition coefficient (Wildman–Crippen LogP) is 2.81. The van der Waals surface area contributed by atoms with Gasteiger partial charge in [-0.1, -0.05) is 42.8 Å². The number of nitrogens with one attached hydrogen (secondary N) is 1. The molecule has 5 heteroatoms. The quantitative estimate of drug-likeness (QED) is 0.909. The molecule has 0 saturated carbocycles. The summed E-state index contributed by atoms with van der Waals surface area (Å²) in [5.74, 6) is 0.00974. The normalized spacial score (nSPS) is 10.3. The van der Waals surface area contributed by atoms with Crippen molar-refractivity contribution in [2.24, 2.45) is 0 Å². The third-order valence-corrected chi connectivity index (χ3v) is 3.31. The van der Waals surface area contributed by atoms with E-state index >= 15 is 0 Å². The lowest BCUT2D eigenvalue weighted by atomic mass is 10.1. The van der Waals surface area contributed by atoms with Crippen molar-refractivity contribution in [3.63, 3.8) is 0 Å². The lowest BCUT2D eigenvalue weighted by molar-refractivity contribution is 0.0951. The first kappa shape index (κ1) is 14.3. The van der Waals surface area contributed by atoms with E-state index in [1.54, 1.807) is 0 Å². The van der Waals surface area contributed by atoms with Gasteiger partial charge in [0.2, 0.25) is 0 Å². The second-order valence-corrected chi connectivity index (χ2v) is 4.85. The number of carbonyl (C=O) groups excluding carboxylic acids is 1. The molecule has 1 aromatic heterocycles.